The molecule has 0 amide bonds. The Morgan fingerprint density at radius 1 is 1.24 bits per heavy atom. The maximum Gasteiger partial charge on any atom is 0.141 e. The highest BCUT2D eigenvalue weighted by Crippen LogP contribution is 2.41. The number of hydrogen-bond acceptors (Lipinski definition) is 4. The Morgan fingerprint density at radius 3 is 2.53 bits per heavy atom. The van der Waals surface area contributed by atoms with E-state index in [1.165, 1.54) is 0 Å². The predicted molar refractivity (Wildman–Crippen MR) is 69.2 cm³/mol. The number of nitrogen functional groups attached to an aromatic ring is 1. The van der Waals surface area contributed by atoms with Crippen LogP contribution in [0.25, 0.3) is 11.1 Å². The van der Waals surface area contributed by atoms with Crippen LogP contribution in [-0.2, 0) is 0 Å². The largest absolute Gasteiger partial charge is 0.497 e. The number of aromatic nitrogens is 2. The summed E-state index contributed by atoms with van der Waals surface area (Å²) in [5.74, 6) is 1.90. The Kier molecular flexibility index (Phi) is 3.23. The van der Waals surface area contributed by atoms with Crippen molar-refractivity contribution in [3.8, 4) is 22.6 Å². The lowest BCUT2D eigenvalue weighted by Crippen LogP contribution is -1.94. The minimum absolute atomic E-state index is 0.489. The van der Waals surface area contributed by atoms with Crippen LogP contribution >= 0.6 is 15.9 Å². The molecule has 1 aromatic carbocycles. The van der Waals surface area contributed by atoms with Gasteiger partial charge in [0.25, 0.3) is 0 Å². The molecule has 3 N–H and O–H groups in total. The average Bonchev–Trinajstić information content (AvgIpc) is 2.74. The molecule has 2 rings (SSSR count). The molecular weight excluding hydrogens is 286 g/mol. The Hall–Kier alpha value is -1.69. The Balaban J connectivity index is 2.66. The van der Waals surface area contributed by atoms with Crippen molar-refractivity contribution in [3.63, 3.8) is 0 Å². The molecule has 0 atom stereocenters. The van der Waals surface area contributed by atoms with E-state index in [1.54, 1.807) is 20.4 Å². The standard InChI is InChI=1S/C11H12BrN3O2/c1-16-6-3-7(8-5-14-15-11(8)13)10(17-2)9(12)4-6/h3-5H,1-2H3,(H3,13,14,15). The number of nitrogens with zero attached hydrogens (tertiary/aromatic N) is 1. The molecule has 0 aliphatic rings. The van der Waals surface area contributed by atoms with Gasteiger partial charge in [0.05, 0.1) is 24.9 Å². The van der Waals surface area contributed by atoms with E-state index in [4.69, 9.17) is 15.2 Å². The topological polar surface area (TPSA) is 73.2 Å². The minimum Gasteiger partial charge on any atom is -0.497 e. The minimum atomic E-state index is 0.489. The van der Waals surface area contributed by atoms with Gasteiger partial charge in [-0.15, -0.1) is 0 Å². The van der Waals surface area contributed by atoms with Crippen molar-refractivity contribution in [2.45, 2.75) is 0 Å². The van der Waals surface area contributed by atoms with Crippen LogP contribution in [0.3, 0.4) is 0 Å². The third-order valence-corrected chi connectivity index (χ3v) is 3.00. The van der Waals surface area contributed by atoms with Crippen LogP contribution in [0.15, 0.2) is 22.8 Å². The molecule has 0 aliphatic heterocycles. The molecule has 0 radical (unpaired) electrons. The molecule has 0 saturated carbocycles. The maximum absolute atomic E-state index is 5.81. The molecule has 0 aliphatic carbocycles. The lowest BCUT2D eigenvalue weighted by Gasteiger charge is -2.12. The summed E-state index contributed by atoms with van der Waals surface area (Å²) in [6.45, 7) is 0. The molecule has 1 aromatic heterocycles. The average molecular weight is 298 g/mol. The van der Waals surface area contributed by atoms with Crippen LogP contribution in [0.5, 0.6) is 11.5 Å². The third kappa shape index (κ3) is 2.08. The first-order valence-electron chi connectivity index (χ1n) is 4.88. The van der Waals surface area contributed by atoms with Gasteiger partial charge in [-0.3, -0.25) is 5.10 Å². The molecule has 0 unspecified atom stereocenters. The van der Waals surface area contributed by atoms with E-state index in [1.807, 2.05) is 12.1 Å². The number of aromatic amines is 1. The number of halogens is 1. The molecule has 0 bridgehead atoms. The van der Waals surface area contributed by atoms with Crippen LogP contribution in [0, 0.1) is 0 Å². The van der Waals surface area contributed by atoms with Crippen LogP contribution in [-0.4, -0.2) is 24.4 Å². The number of ether oxygens (including phenoxy) is 2. The van der Waals surface area contributed by atoms with Gasteiger partial charge >= 0.3 is 0 Å². The SMILES string of the molecule is COc1cc(Br)c(OC)c(-c2cn[nH]c2N)c1. The quantitative estimate of drug-likeness (QED) is 0.913. The van der Waals surface area contributed by atoms with Crippen LogP contribution in [0.1, 0.15) is 0 Å². The van der Waals surface area contributed by atoms with Gasteiger partial charge in [-0.05, 0) is 28.1 Å². The van der Waals surface area contributed by atoms with Gasteiger partial charge in [-0.25, -0.2) is 0 Å². The first-order chi connectivity index (χ1) is 8.17. The second-order valence-electron chi connectivity index (χ2n) is 3.39. The lowest BCUT2D eigenvalue weighted by atomic mass is 10.1. The third-order valence-electron chi connectivity index (χ3n) is 2.42. The fourth-order valence-electron chi connectivity index (χ4n) is 1.60. The summed E-state index contributed by atoms with van der Waals surface area (Å²) in [5.41, 5.74) is 7.41. The number of hydrogen-bond donors (Lipinski definition) is 2. The smallest absolute Gasteiger partial charge is 0.141 e. The molecule has 17 heavy (non-hydrogen) atoms. The molecule has 0 fully saturated rings. The molecule has 1 heterocycles. The zero-order valence-corrected chi connectivity index (χ0v) is 11.0. The summed E-state index contributed by atoms with van der Waals surface area (Å²) >= 11 is 3.43. The molecule has 6 heteroatoms. The summed E-state index contributed by atoms with van der Waals surface area (Å²) < 4.78 is 11.4. The second kappa shape index (κ2) is 4.67. The van der Waals surface area contributed by atoms with Gasteiger partial charge in [-0.2, -0.15) is 5.10 Å². The molecule has 0 saturated heterocycles. The van der Waals surface area contributed by atoms with E-state index in [2.05, 4.69) is 26.1 Å². The van der Waals surface area contributed by atoms with Crippen molar-refractivity contribution in [1.82, 2.24) is 10.2 Å². The van der Waals surface area contributed by atoms with Gasteiger partial charge < -0.3 is 15.2 Å². The molecule has 5 nitrogen and oxygen atoms in total. The van der Waals surface area contributed by atoms with E-state index in [0.29, 0.717) is 17.3 Å². The summed E-state index contributed by atoms with van der Waals surface area (Å²) in [5, 5.41) is 6.59. The second-order valence-corrected chi connectivity index (χ2v) is 4.24. The summed E-state index contributed by atoms with van der Waals surface area (Å²) in [6, 6.07) is 3.68. The number of nitrogens with one attached hydrogen (secondary N) is 1. The number of rotatable bonds is 3. The van der Waals surface area contributed by atoms with Gasteiger partial charge in [0, 0.05) is 11.1 Å². The summed E-state index contributed by atoms with van der Waals surface area (Å²) in [7, 11) is 3.21. The highest BCUT2D eigenvalue weighted by atomic mass is 79.9. The van der Waals surface area contributed by atoms with Gasteiger partial charge in [0.1, 0.15) is 17.3 Å². The van der Waals surface area contributed by atoms with Crippen molar-refractivity contribution < 1.29 is 9.47 Å². The molecule has 90 valence electrons. The van der Waals surface area contributed by atoms with Crippen molar-refractivity contribution in [2.24, 2.45) is 0 Å². The fourth-order valence-corrected chi connectivity index (χ4v) is 2.21. The monoisotopic (exact) mass is 297 g/mol. The number of benzene rings is 1. The summed E-state index contributed by atoms with van der Waals surface area (Å²) in [4.78, 5) is 0. The van der Waals surface area contributed by atoms with E-state index in [9.17, 15) is 0 Å². The Bertz CT molecular complexity index is 540. The first-order valence-corrected chi connectivity index (χ1v) is 5.67. The van der Waals surface area contributed by atoms with Gasteiger partial charge in [-0.1, -0.05) is 0 Å². The molecule has 2 aromatic rings. The van der Waals surface area contributed by atoms with Crippen LogP contribution in [0.2, 0.25) is 0 Å². The van der Waals surface area contributed by atoms with Crippen molar-refractivity contribution >= 4 is 21.7 Å². The van der Waals surface area contributed by atoms with Crippen molar-refractivity contribution in [1.29, 1.82) is 0 Å². The molecular formula is C11H12BrN3O2. The number of anilines is 1. The van der Waals surface area contributed by atoms with Crippen LogP contribution in [0.4, 0.5) is 5.82 Å². The van der Waals surface area contributed by atoms with Gasteiger partial charge in [0.2, 0.25) is 0 Å². The van der Waals surface area contributed by atoms with E-state index < -0.39 is 0 Å². The normalized spacial score (nSPS) is 10.3. The van der Waals surface area contributed by atoms with E-state index in [0.717, 1.165) is 15.6 Å². The number of methoxy groups -OCH3 is 2. The first kappa shape index (κ1) is 11.8. The van der Waals surface area contributed by atoms with Crippen LogP contribution < -0.4 is 15.2 Å². The van der Waals surface area contributed by atoms with E-state index >= 15 is 0 Å². The van der Waals surface area contributed by atoms with Crippen molar-refractivity contribution in [2.75, 3.05) is 20.0 Å². The highest BCUT2D eigenvalue weighted by molar-refractivity contribution is 9.10. The zero-order valence-electron chi connectivity index (χ0n) is 9.45. The van der Waals surface area contributed by atoms with Gasteiger partial charge in [0.15, 0.2) is 0 Å². The lowest BCUT2D eigenvalue weighted by molar-refractivity contribution is 0.402. The summed E-state index contributed by atoms with van der Waals surface area (Å²) in [6.07, 6.45) is 1.65. The number of nitrogens with two attached hydrogens (primary N) is 1. The highest BCUT2D eigenvalue weighted by Gasteiger charge is 2.15. The molecule has 0 spiro atoms. The predicted octanol–water partition coefficient (Wildman–Crippen LogP) is 2.44. The van der Waals surface area contributed by atoms with Crippen molar-refractivity contribution in [3.05, 3.63) is 22.8 Å². The Morgan fingerprint density at radius 2 is 2.00 bits per heavy atom. The maximum atomic E-state index is 5.81. The van der Waals surface area contributed by atoms with E-state index in [-0.39, 0.29) is 0 Å². The zero-order chi connectivity index (χ0) is 12.4. The fraction of sp³-hybridized carbons (Fsp3) is 0.182. The Labute approximate surface area is 107 Å². The number of H-pyrrole nitrogens is 1.